The van der Waals surface area contributed by atoms with Crippen LogP contribution in [0.15, 0.2) is 0 Å². The molecule has 0 aromatic rings. The first kappa shape index (κ1) is 17.3. The molecule has 0 heterocycles. The molecule has 0 aliphatic heterocycles. The molecule has 2 N–H and O–H groups in total. The van der Waals surface area contributed by atoms with Crippen molar-refractivity contribution in [1.82, 2.24) is 10.2 Å². The molecule has 21 heavy (non-hydrogen) atoms. The average molecular weight is 295 g/mol. The summed E-state index contributed by atoms with van der Waals surface area (Å²) in [6.45, 7) is 4.28. The third-order valence-corrected chi connectivity index (χ3v) is 4.19. The van der Waals surface area contributed by atoms with Crippen LogP contribution in [0.3, 0.4) is 0 Å². The number of amides is 2. The fourth-order valence-corrected chi connectivity index (χ4v) is 2.81. The van der Waals surface area contributed by atoms with E-state index in [0.717, 1.165) is 19.3 Å². The molecule has 1 saturated carbocycles. The number of aliphatic carboxylic acids is 1. The van der Waals surface area contributed by atoms with Gasteiger partial charge in [0.25, 0.3) is 0 Å². The van der Waals surface area contributed by atoms with E-state index in [4.69, 9.17) is 5.26 Å². The Hall–Kier alpha value is -1.77. The molecule has 1 rings (SSSR count). The van der Waals surface area contributed by atoms with Gasteiger partial charge in [-0.25, -0.2) is 4.79 Å². The molecule has 0 saturated heterocycles. The van der Waals surface area contributed by atoms with Crippen molar-refractivity contribution in [2.75, 3.05) is 13.1 Å². The van der Waals surface area contributed by atoms with E-state index in [2.05, 4.69) is 5.32 Å². The van der Waals surface area contributed by atoms with Gasteiger partial charge >= 0.3 is 12.0 Å². The van der Waals surface area contributed by atoms with E-state index < -0.39 is 11.4 Å². The number of carbonyl (C=O) groups is 2. The van der Waals surface area contributed by atoms with Crippen molar-refractivity contribution in [3.63, 3.8) is 0 Å². The zero-order valence-corrected chi connectivity index (χ0v) is 12.9. The molecule has 0 radical (unpaired) electrons. The number of nitrogens with zero attached hydrogens (tertiary/aromatic N) is 2. The molecule has 6 nitrogen and oxygen atoms in total. The summed E-state index contributed by atoms with van der Waals surface area (Å²) in [6, 6.07) is 1.71. The van der Waals surface area contributed by atoms with Gasteiger partial charge in [0, 0.05) is 19.1 Å². The highest BCUT2D eigenvalue weighted by atomic mass is 16.4. The molecule has 0 aromatic carbocycles. The number of nitriles is 1. The van der Waals surface area contributed by atoms with Crippen LogP contribution in [0.25, 0.3) is 0 Å². The molecule has 6 heteroatoms. The van der Waals surface area contributed by atoms with Gasteiger partial charge in [0.15, 0.2) is 0 Å². The summed E-state index contributed by atoms with van der Waals surface area (Å²) in [4.78, 5) is 25.3. The highest BCUT2D eigenvalue weighted by Gasteiger charge is 2.40. The molecule has 1 fully saturated rings. The van der Waals surface area contributed by atoms with E-state index >= 15 is 0 Å². The SMILES string of the molecule is CC(C)N(CCC#N)C(=O)NCC1(C(=O)O)CCCCC1. The molecule has 0 atom stereocenters. The quantitative estimate of drug-likeness (QED) is 0.786. The van der Waals surface area contributed by atoms with E-state index in [1.54, 1.807) is 4.90 Å². The van der Waals surface area contributed by atoms with Gasteiger partial charge in [-0.2, -0.15) is 5.26 Å². The third-order valence-electron chi connectivity index (χ3n) is 4.19. The number of carbonyl (C=O) groups excluding carboxylic acids is 1. The largest absolute Gasteiger partial charge is 0.481 e. The second kappa shape index (κ2) is 7.87. The lowest BCUT2D eigenvalue weighted by molar-refractivity contribution is -0.150. The summed E-state index contributed by atoms with van der Waals surface area (Å²) in [5.41, 5.74) is -0.828. The first-order chi connectivity index (χ1) is 9.93. The van der Waals surface area contributed by atoms with Crippen molar-refractivity contribution < 1.29 is 14.7 Å². The topological polar surface area (TPSA) is 93.4 Å². The lowest BCUT2D eigenvalue weighted by Crippen LogP contribution is -2.50. The number of urea groups is 1. The summed E-state index contributed by atoms with van der Waals surface area (Å²) < 4.78 is 0. The van der Waals surface area contributed by atoms with Crippen molar-refractivity contribution in [2.45, 2.75) is 58.4 Å². The van der Waals surface area contributed by atoms with Crippen LogP contribution in [-0.2, 0) is 4.79 Å². The number of hydrogen-bond acceptors (Lipinski definition) is 3. The molecular weight excluding hydrogens is 270 g/mol. The van der Waals surface area contributed by atoms with Crippen LogP contribution in [0, 0.1) is 16.7 Å². The van der Waals surface area contributed by atoms with E-state index in [0.29, 0.717) is 19.4 Å². The minimum absolute atomic E-state index is 0.0227. The first-order valence-electron chi connectivity index (χ1n) is 7.58. The maximum absolute atomic E-state index is 12.2. The standard InChI is InChI=1S/C15H25N3O3/c1-12(2)18(10-6-9-16)14(21)17-11-15(13(19)20)7-4-3-5-8-15/h12H,3-8,10-11H2,1-2H3,(H,17,21)(H,19,20). The number of carboxylic acids is 1. The van der Waals surface area contributed by atoms with Crippen molar-refractivity contribution in [1.29, 1.82) is 5.26 Å². The smallest absolute Gasteiger partial charge is 0.317 e. The highest BCUT2D eigenvalue weighted by Crippen LogP contribution is 2.36. The Labute approximate surface area is 126 Å². The molecular formula is C15H25N3O3. The molecule has 118 valence electrons. The minimum atomic E-state index is -0.828. The van der Waals surface area contributed by atoms with Gasteiger partial charge in [-0.15, -0.1) is 0 Å². The minimum Gasteiger partial charge on any atom is -0.481 e. The van der Waals surface area contributed by atoms with Crippen LogP contribution < -0.4 is 5.32 Å². The van der Waals surface area contributed by atoms with Gasteiger partial charge in [0.2, 0.25) is 0 Å². The van der Waals surface area contributed by atoms with Gasteiger partial charge in [0.1, 0.15) is 0 Å². The molecule has 0 aromatic heterocycles. The summed E-state index contributed by atoms with van der Waals surface area (Å²) in [5, 5.41) is 20.9. The Morgan fingerprint density at radius 3 is 2.43 bits per heavy atom. The lowest BCUT2D eigenvalue weighted by Gasteiger charge is -2.34. The zero-order chi connectivity index (χ0) is 15.9. The van der Waals surface area contributed by atoms with E-state index in [1.165, 1.54) is 0 Å². The fraction of sp³-hybridized carbons (Fsp3) is 0.800. The Bertz CT molecular complexity index is 409. The van der Waals surface area contributed by atoms with Crippen LogP contribution in [-0.4, -0.2) is 41.1 Å². The predicted octanol–water partition coefficient (Wildman–Crippen LogP) is 2.36. The number of nitrogens with one attached hydrogen (secondary N) is 1. The van der Waals surface area contributed by atoms with Crippen LogP contribution in [0.5, 0.6) is 0 Å². The second-order valence-electron chi connectivity index (χ2n) is 6.00. The Morgan fingerprint density at radius 2 is 1.95 bits per heavy atom. The lowest BCUT2D eigenvalue weighted by atomic mass is 9.74. The molecule has 2 amide bonds. The summed E-state index contributed by atoms with van der Waals surface area (Å²) in [7, 11) is 0. The van der Waals surface area contributed by atoms with E-state index in [9.17, 15) is 14.7 Å². The second-order valence-corrected chi connectivity index (χ2v) is 6.00. The number of carboxylic acid groups (broad SMARTS) is 1. The zero-order valence-electron chi connectivity index (χ0n) is 12.9. The highest BCUT2D eigenvalue weighted by molar-refractivity contribution is 5.78. The van der Waals surface area contributed by atoms with Gasteiger partial charge in [-0.1, -0.05) is 19.3 Å². The van der Waals surface area contributed by atoms with Crippen molar-refractivity contribution in [3.05, 3.63) is 0 Å². The molecule has 1 aliphatic rings. The van der Waals surface area contributed by atoms with Crippen LogP contribution in [0.1, 0.15) is 52.4 Å². The normalized spacial score (nSPS) is 17.0. The summed E-state index contributed by atoms with van der Waals surface area (Å²) in [5.74, 6) is -0.823. The predicted molar refractivity (Wildman–Crippen MR) is 78.6 cm³/mol. The van der Waals surface area contributed by atoms with E-state index in [-0.39, 0.29) is 25.0 Å². The van der Waals surface area contributed by atoms with Crippen LogP contribution in [0.4, 0.5) is 4.79 Å². The Morgan fingerprint density at radius 1 is 1.33 bits per heavy atom. The third kappa shape index (κ3) is 4.62. The van der Waals surface area contributed by atoms with Gasteiger partial charge in [-0.05, 0) is 26.7 Å². The van der Waals surface area contributed by atoms with E-state index in [1.807, 2.05) is 19.9 Å². The molecule has 0 spiro atoms. The molecule has 0 unspecified atom stereocenters. The Balaban J connectivity index is 2.63. The summed E-state index contributed by atoms with van der Waals surface area (Å²) >= 11 is 0. The Kier molecular flexibility index (Phi) is 6.47. The van der Waals surface area contributed by atoms with Gasteiger partial charge < -0.3 is 15.3 Å². The van der Waals surface area contributed by atoms with Crippen LogP contribution >= 0.6 is 0 Å². The number of rotatable bonds is 6. The van der Waals surface area contributed by atoms with Gasteiger partial charge in [0.05, 0.1) is 17.9 Å². The van der Waals surface area contributed by atoms with Crippen LogP contribution in [0.2, 0.25) is 0 Å². The maximum atomic E-state index is 12.2. The number of hydrogen-bond donors (Lipinski definition) is 2. The molecule has 1 aliphatic carbocycles. The van der Waals surface area contributed by atoms with Crippen molar-refractivity contribution >= 4 is 12.0 Å². The fourth-order valence-electron chi connectivity index (χ4n) is 2.81. The van der Waals surface area contributed by atoms with Crippen molar-refractivity contribution in [2.24, 2.45) is 5.41 Å². The van der Waals surface area contributed by atoms with Crippen molar-refractivity contribution in [3.8, 4) is 6.07 Å². The average Bonchev–Trinajstić information content (AvgIpc) is 2.46. The summed E-state index contributed by atoms with van der Waals surface area (Å²) in [6.07, 6.45) is 4.35. The monoisotopic (exact) mass is 295 g/mol. The first-order valence-corrected chi connectivity index (χ1v) is 7.58. The maximum Gasteiger partial charge on any atom is 0.317 e. The molecule has 0 bridgehead atoms. The van der Waals surface area contributed by atoms with Gasteiger partial charge in [-0.3, -0.25) is 4.79 Å².